The van der Waals surface area contributed by atoms with Crippen LogP contribution < -0.4 is 0 Å². The maximum absolute atomic E-state index is 12.4. The minimum atomic E-state index is -0.141. The van der Waals surface area contributed by atoms with Crippen molar-refractivity contribution in [1.29, 1.82) is 0 Å². The summed E-state index contributed by atoms with van der Waals surface area (Å²) in [5.41, 5.74) is 2.04. The van der Waals surface area contributed by atoms with Crippen molar-refractivity contribution in [2.45, 2.75) is 0 Å². The van der Waals surface area contributed by atoms with E-state index in [-0.39, 0.29) is 5.91 Å². The maximum Gasteiger partial charge on any atom is 0.274 e. The lowest BCUT2D eigenvalue weighted by molar-refractivity contribution is -0.119. The van der Waals surface area contributed by atoms with Gasteiger partial charge in [0.15, 0.2) is 5.69 Å². The van der Waals surface area contributed by atoms with Crippen molar-refractivity contribution in [3.63, 3.8) is 0 Å². The van der Waals surface area contributed by atoms with E-state index < -0.39 is 0 Å². The van der Waals surface area contributed by atoms with Crippen LogP contribution in [0.1, 0.15) is 10.5 Å². The second kappa shape index (κ2) is 6.34. The van der Waals surface area contributed by atoms with Crippen molar-refractivity contribution in [3.8, 4) is 11.3 Å². The number of piperazine rings is 1. The van der Waals surface area contributed by atoms with Crippen LogP contribution in [-0.2, 0) is 4.79 Å². The number of nitrogens with zero attached hydrogens (tertiary/aromatic N) is 4. The molecule has 2 heterocycles. The first kappa shape index (κ1) is 14.2. The summed E-state index contributed by atoms with van der Waals surface area (Å²) in [6.07, 6.45) is 0.816. The predicted octanol–water partition coefficient (Wildman–Crippen LogP) is 1.06. The average Bonchev–Trinajstić information content (AvgIpc) is 2.62. The molecule has 0 N–H and O–H groups in total. The molecule has 1 aromatic heterocycles. The van der Waals surface area contributed by atoms with Gasteiger partial charge in [-0.05, 0) is 12.1 Å². The van der Waals surface area contributed by atoms with Crippen LogP contribution >= 0.6 is 0 Å². The van der Waals surface area contributed by atoms with Crippen molar-refractivity contribution in [2.75, 3.05) is 26.2 Å². The molecule has 0 radical (unpaired) electrons. The normalized spacial score (nSPS) is 14.7. The van der Waals surface area contributed by atoms with Crippen LogP contribution in [-0.4, -0.2) is 58.5 Å². The first-order valence-electron chi connectivity index (χ1n) is 7.16. The first-order valence-corrected chi connectivity index (χ1v) is 7.16. The Labute approximate surface area is 128 Å². The highest BCUT2D eigenvalue weighted by atomic mass is 16.2. The molecule has 0 bridgehead atoms. The SMILES string of the molecule is O=CN1CCN(C(=O)c2ccc(-c3ccccc3)nn2)CC1. The number of hydrogen-bond acceptors (Lipinski definition) is 4. The van der Waals surface area contributed by atoms with Gasteiger partial charge < -0.3 is 9.80 Å². The van der Waals surface area contributed by atoms with Crippen molar-refractivity contribution >= 4 is 12.3 Å². The van der Waals surface area contributed by atoms with Gasteiger partial charge in [-0.1, -0.05) is 30.3 Å². The molecule has 0 unspecified atom stereocenters. The number of amides is 2. The average molecular weight is 296 g/mol. The van der Waals surface area contributed by atoms with Crippen LogP contribution in [0.4, 0.5) is 0 Å². The molecule has 0 saturated carbocycles. The summed E-state index contributed by atoms with van der Waals surface area (Å²) in [6, 6.07) is 13.2. The van der Waals surface area contributed by atoms with Crippen molar-refractivity contribution in [1.82, 2.24) is 20.0 Å². The van der Waals surface area contributed by atoms with Crippen LogP contribution in [0.25, 0.3) is 11.3 Å². The van der Waals surface area contributed by atoms with Gasteiger partial charge in [0, 0.05) is 31.7 Å². The zero-order valence-electron chi connectivity index (χ0n) is 12.1. The van der Waals surface area contributed by atoms with E-state index in [1.54, 1.807) is 21.9 Å². The summed E-state index contributed by atoms with van der Waals surface area (Å²) in [4.78, 5) is 26.4. The van der Waals surface area contributed by atoms with Gasteiger partial charge in [0.2, 0.25) is 6.41 Å². The Bertz CT molecular complexity index is 650. The molecule has 1 aliphatic heterocycles. The number of rotatable bonds is 3. The fraction of sp³-hybridized carbons (Fsp3) is 0.250. The highest BCUT2D eigenvalue weighted by Crippen LogP contribution is 2.15. The second-order valence-electron chi connectivity index (χ2n) is 5.10. The molecule has 6 nitrogen and oxygen atoms in total. The first-order chi connectivity index (χ1) is 10.8. The van der Waals surface area contributed by atoms with Gasteiger partial charge in [-0.3, -0.25) is 9.59 Å². The van der Waals surface area contributed by atoms with Crippen LogP contribution in [0.2, 0.25) is 0 Å². The van der Waals surface area contributed by atoms with Crippen LogP contribution in [0.15, 0.2) is 42.5 Å². The number of benzene rings is 1. The Morgan fingerprint density at radius 1 is 0.955 bits per heavy atom. The molecule has 112 valence electrons. The molecule has 1 aromatic carbocycles. The minimum Gasteiger partial charge on any atom is -0.342 e. The van der Waals surface area contributed by atoms with E-state index in [0.29, 0.717) is 31.9 Å². The molecule has 1 saturated heterocycles. The Hall–Kier alpha value is -2.76. The third-order valence-electron chi connectivity index (χ3n) is 3.70. The summed E-state index contributed by atoms with van der Waals surface area (Å²) in [5, 5.41) is 8.18. The Morgan fingerprint density at radius 2 is 1.68 bits per heavy atom. The summed E-state index contributed by atoms with van der Waals surface area (Å²) in [7, 11) is 0. The fourth-order valence-electron chi connectivity index (χ4n) is 2.40. The molecule has 1 fully saturated rings. The van der Waals surface area contributed by atoms with Crippen molar-refractivity contribution in [2.24, 2.45) is 0 Å². The van der Waals surface area contributed by atoms with E-state index in [1.165, 1.54) is 0 Å². The smallest absolute Gasteiger partial charge is 0.274 e. The second-order valence-corrected chi connectivity index (χ2v) is 5.10. The van der Waals surface area contributed by atoms with Gasteiger partial charge in [-0.2, -0.15) is 0 Å². The van der Waals surface area contributed by atoms with Gasteiger partial charge in [0.05, 0.1) is 5.69 Å². The van der Waals surface area contributed by atoms with Crippen molar-refractivity contribution in [3.05, 3.63) is 48.2 Å². The third-order valence-corrected chi connectivity index (χ3v) is 3.70. The fourth-order valence-corrected chi connectivity index (χ4v) is 2.40. The molecule has 0 spiro atoms. The lowest BCUT2D eigenvalue weighted by Gasteiger charge is -2.32. The van der Waals surface area contributed by atoms with E-state index in [9.17, 15) is 9.59 Å². The Balaban J connectivity index is 1.70. The number of carbonyl (C=O) groups is 2. The largest absolute Gasteiger partial charge is 0.342 e. The molecule has 2 aromatic rings. The van der Waals surface area contributed by atoms with E-state index in [0.717, 1.165) is 17.7 Å². The molecule has 0 atom stereocenters. The van der Waals surface area contributed by atoms with E-state index in [2.05, 4.69) is 10.2 Å². The zero-order valence-corrected chi connectivity index (χ0v) is 12.1. The molecular weight excluding hydrogens is 280 g/mol. The number of carbonyl (C=O) groups excluding carboxylic acids is 2. The van der Waals surface area contributed by atoms with Crippen LogP contribution in [0, 0.1) is 0 Å². The molecule has 0 aliphatic carbocycles. The van der Waals surface area contributed by atoms with Crippen LogP contribution in [0.3, 0.4) is 0 Å². The Morgan fingerprint density at radius 3 is 2.27 bits per heavy atom. The van der Waals surface area contributed by atoms with Gasteiger partial charge in [0.25, 0.3) is 5.91 Å². The molecule has 22 heavy (non-hydrogen) atoms. The predicted molar refractivity (Wildman–Crippen MR) is 81.0 cm³/mol. The summed E-state index contributed by atoms with van der Waals surface area (Å²) >= 11 is 0. The lowest BCUT2D eigenvalue weighted by atomic mass is 10.1. The molecule has 1 aliphatic rings. The zero-order chi connectivity index (χ0) is 15.4. The van der Waals surface area contributed by atoms with Crippen molar-refractivity contribution < 1.29 is 9.59 Å². The highest BCUT2D eigenvalue weighted by Gasteiger charge is 2.22. The van der Waals surface area contributed by atoms with Gasteiger partial charge in [-0.15, -0.1) is 10.2 Å². The van der Waals surface area contributed by atoms with Crippen LogP contribution in [0.5, 0.6) is 0 Å². The third kappa shape index (κ3) is 2.95. The van der Waals surface area contributed by atoms with E-state index >= 15 is 0 Å². The molecule has 6 heteroatoms. The summed E-state index contributed by atoms with van der Waals surface area (Å²) in [5.74, 6) is -0.141. The highest BCUT2D eigenvalue weighted by molar-refractivity contribution is 5.92. The Kier molecular flexibility index (Phi) is 4.09. The van der Waals surface area contributed by atoms with Gasteiger partial charge >= 0.3 is 0 Å². The van der Waals surface area contributed by atoms with Gasteiger partial charge in [-0.25, -0.2) is 0 Å². The molecular formula is C16H16N4O2. The molecule has 2 amide bonds. The maximum atomic E-state index is 12.4. The monoisotopic (exact) mass is 296 g/mol. The van der Waals surface area contributed by atoms with E-state index in [1.807, 2.05) is 30.3 Å². The quantitative estimate of drug-likeness (QED) is 0.794. The minimum absolute atomic E-state index is 0.141. The number of aromatic nitrogens is 2. The summed E-state index contributed by atoms with van der Waals surface area (Å²) in [6.45, 7) is 2.18. The number of hydrogen-bond donors (Lipinski definition) is 0. The van der Waals surface area contributed by atoms with Gasteiger partial charge in [0.1, 0.15) is 0 Å². The summed E-state index contributed by atoms with van der Waals surface area (Å²) < 4.78 is 0. The lowest BCUT2D eigenvalue weighted by Crippen LogP contribution is -2.48. The molecule has 3 rings (SSSR count). The topological polar surface area (TPSA) is 66.4 Å². The standard InChI is InChI=1S/C16H16N4O2/c21-12-19-8-10-20(11-9-19)16(22)15-7-6-14(17-18-15)13-4-2-1-3-5-13/h1-7,12H,8-11H2. The van der Waals surface area contributed by atoms with E-state index in [4.69, 9.17) is 0 Å².